The predicted molar refractivity (Wildman–Crippen MR) is 81.6 cm³/mol. The lowest BCUT2D eigenvalue weighted by molar-refractivity contribution is -0.402. The van der Waals surface area contributed by atoms with Crippen LogP contribution >= 0.6 is 0 Å². The maximum atomic E-state index is 11.7. The highest BCUT2D eigenvalue weighted by Gasteiger charge is 2.18. The molecule has 0 atom stereocenters. The highest BCUT2D eigenvalue weighted by Crippen LogP contribution is 2.30. The first-order valence-corrected chi connectivity index (χ1v) is 6.77. The van der Waals surface area contributed by atoms with Crippen LogP contribution in [0, 0.1) is 10.1 Å². The Morgan fingerprint density at radius 1 is 1.42 bits per heavy atom. The zero-order valence-electron chi connectivity index (χ0n) is 12.8. The van der Waals surface area contributed by atoms with E-state index in [9.17, 15) is 19.7 Å². The molecule has 0 unspecified atom stereocenters. The Labute approximate surface area is 135 Å². The number of amides is 1. The number of aliphatic imine (C=N–C) groups is 1. The number of nitrogens with zero attached hydrogens (tertiary/aromatic N) is 2. The number of nitrogens with one attached hydrogen (secondary N) is 1. The summed E-state index contributed by atoms with van der Waals surface area (Å²) in [5.41, 5.74) is 0.132. The van der Waals surface area contributed by atoms with Crippen molar-refractivity contribution < 1.29 is 28.1 Å². The van der Waals surface area contributed by atoms with Gasteiger partial charge in [0.25, 0.3) is 0 Å². The summed E-state index contributed by atoms with van der Waals surface area (Å²) in [6, 6.07) is 3.80. The van der Waals surface area contributed by atoms with Crippen LogP contribution in [0.2, 0.25) is 0 Å². The summed E-state index contributed by atoms with van der Waals surface area (Å²) >= 11 is 0. The molecule has 0 spiro atoms. The molecule has 24 heavy (non-hydrogen) atoms. The van der Waals surface area contributed by atoms with Gasteiger partial charge in [0.15, 0.2) is 5.76 Å². The van der Waals surface area contributed by atoms with E-state index >= 15 is 0 Å². The topological polar surface area (TPSA) is 137 Å². The molecule has 1 N–H and O–H groups in total. The lowest BCUT2D eigenvalue weighted by Gasteiger charge is -1.98. The zero-order chi connectivity index (χ0) is 17.7. The van der Waals surface area contributed by atoms with E-state index in [0.717, 1.165) is 0 Å². The summed E-state index contributed by atoms with van der Waals surface area (Å²) in [6.45, 7) is 3.05. The number of rotatable bonds is 6. The molecule has 0 saturated heterocycles. The third-order valence-electron chi connectivity index (χ3n) is 2.60. The maximum absolute atomic E-state index is 11.7. The summed E-state index contributed by atoms with van der Waals surface area (Å²) in [5.74, 6) is -1.64. The molecule has 0 saturated carbocycles. The molecule has 0 aromatic carbocycles. The number of hydrogen-bond donors (Lipinski definition) is 1. The minimum Gasteiger partial charge on any atom is -0.460 e. The third-order valence-corrected chi connectivity index (χ3v) is 2.60. The zero-order valence-corrected chi connectivity index (χ0v) is 12.8. The van der Waals surface area contributed by atoms with Crippen LogP contribution in [-0.4, -0.2) is 29.6 Å². The average molecular weight is 335 g/mol. The molecule has 0 aliphatic rings. The van der Waals surface area contributed by atoms with Crippen LogP contribution in [0.15, 0.2) is 32.0 Å². The molecule has 0 bridgehead atoms. The Hall–Kier alpha value is -3.43. The minimum atomic E-state index is -0.709. The van der Waals surface area contributed by atoms with E-state index in [2.05, 4.69) is 10.3 Å². The lowest BCUT2D eigenvalue weighted by Crippen LogP contribution is -2.05. The van der Waals surface area contributed by atoms with Gasteiger partial charge in [-0.3, -0.25) is 20.2 Å². The summed E-state index contributed by atoms with van der Waals surface area (Å²) in [7, 11) is 0. The molecule has 2 rings (SSSR count). The van der Waals surface area contributed by atoms with Crippen molar-refractivity contribution in [3.63, 3.8) is 0 Å². The van der Waals surface area contributed by atoms with Gasteiger partial charge in [0.2, 0.25) is 17.6 Å². The van der Waals surface area contributed by atoms with Crippen LogP contribution < -0.4 is 5.32 Å². The van der Waals surface area contributed by atoms with Crippen molar-refractivity contribution in [1.29, 1.82) is 0 Å². The van der Waals surface area contributed by atoms with Crippen molar-refractivity contribution in [2.24, 2.45) is 4.99 Å². The molecule has 10 heteroatoms. The Morgan fingerprint density at radius 3 is 2.75 bits per heavy atom. The van der Waals surface area contributed by atoms with Crippen molar-refractivity contribution in [1.82, 2.24) is 0 Å². The minimum absolute atomic E-state index is 0.0529. The van der Waals surface area contributed by atoms with Gasteiger partial charge in [-0.15, -0.1) is 0 Å². The van der Waals surface area contributed by atoms with Gasteiger partial charge in [0.1, 0.15) is 10.6 Å². The van der Waals surface area contributed by atoms with Gasteiger partial charge in [-0.2, -0.15) is 0 Å². The van der Waals surface area contributed by atoms with E-state index in [0.29, 0.717) is 0 Å². The van der Waals surface area contributed by atoms with Gasteiger partial charge in [-0.1, -0.05) is 0 Å². The van der Waals surface area contributed by atoms with Crippen molar-refractivity contribution in [2.75, 3.05) is 11.9 Å². The second-order valence-corrected chi connectivity index (χ2v) is 4.42. The van der Waals surface area contributed by atoms with E-state index in [1.807, 2.05) is 0 Å². The quantitative estimate of drug-likeness (QED) is 0.370. The Balaban J connectivity index is 2.28. The van der Waals surface area contributed by atoms with Crippen LogP contribution in [0.5, 0.6) is 0 Å². The number of hydrogen-bond acceptors (Lipinski definition) is 8. The molecule has 2 aromatic heterocycles. The smallest absolute Gasteiger partial charge is 0.433 e. The van der Waals surface area contributed by atoms with Gasteiger partial charge in [0, 0.05) is 13.0 Å². The number of furan rings is 2. The second kappa shape index (κ2) is 7.22. The van der Waals surface area contributed by atoms with Crippen LogP contribution in [0.3, 0.4) is 0 Å². The molecule has 1 amide bonds. The first-order valence-electron chi connectivity index (χ1n) is 6.77. The molecule has 2 aromatic rings. The van der Waals surface area contributed by atoms with Crippen molar-refractivity contribution in [3.8, 4) is 0 Å². The van der Waals surface area contributed by atoms with E-state index in [-0.39, 0.29) is 29.7 Å². The first kappa shape index (κ1) is 16.9. The van der Waals surface area contributed by atoms with Crippen molar-refractivity contribution >= 4 is 35.5 Å². The number of anilines is 1. The standard InChI is InChI=1S/C14H13N3O7/c1-3-22-14(19)11-6-10(13(24-11)16-8(2)18)15-7-9-4-5-12(23-9)17(20)21/h4-7H,3H2,1-2H3,(H,16,18). The molecule has 126 valence electrons. The molecule has 2 heterocycles. The number of carbonyl (C=O) groups excluding carboxylic acids is 2. The van der Waals surface area contributed by atoms with Gasteiger partial charge in [-0.25, -0.2) is 9.79 Å². The fraction of sp³-hybridized carbons (Fsp3) is 0.214. The monoisotopic (exact) mass is 335 g/mol. The van der Waals surface area contributed by atoms with Gasteiger partial charge in [-0.05, 0) is 13.0 Å². The molecular weight excluding hydrogens is 322 g/mol. The van der Waals surface area contributed by atoms with Crippen molar-refractivity contribution in [3.05, 3.63) is 39.8 Å². The summed E-state index contributed by atoms with van der Waals surface area (Å²) in [4.78, 5) is 36.7. The largest absolute Gasteiger partial charge is 0.460 e. The van der Waals surface area contributed by atoms with E-state index in [1.54, 1.807) is 6.92 Å². The predicted octanol–water partition coefficient (Wildman–Crippen LogP) is 2.67. The lowest BCUT2D eigenvalue weighted by atomic mass is 10.4. The number of nitro groups is 1. The molecular formula is C14H13N3O7. The van der Waals surface area contributed by atoms with Crippen LogP contribution in [0.25, 0.3) is 0 Å². The summed E-state index contributed by atoms with van der Waals surface area (Å²) < 4.78 is 14.9. The summed E-state index contributed by atoms with van der Waals surface area (Å²) in [5, 5.41) is 12.9. The number of esters is 1. The SMILES string of the molecule is CCOC(=O)c1cc(N=Cc2ccc([N+](=O)[O-])o2)c(NC(C)=O)o1. The average Bonchev–Trinajstić information content (AvgIpc) is 3.12. The van der Waals surface area contributed by atoms with Crippen LogP contribution in [0.4, 0.5) is 17.5 Å². The van der Waals surface area contributed by atoms with E-state index in [1.165, 1.54) is 31.3 Å². The molecule has 10 nitrogen and oxygen atoms in total. The van der Waals surface area contributed by atoms with E-state index in [4.69, 9.17) is 13.6 Å². The highest BCUT2D eigenvalue weighted by atomic mass is 16.6. The highest BCUT2D eigenvalue weighted by molar-refractivity contribution is 5.94. The molecule has 0 aliphatic carbocycles. The summed E-state index contributed by atoms with van der Waals surface area (Å²) in [6.07, 6.45) is 1.19. The fourth-order valence-electron chi connectivity index (χ4n) is 1.67. The third kappa shape index (κ3) is 4.06. The Bertz CT molecular complexity index is 803. The van der Waals surface area contributed by atoms with E-state index < -0.39 is 22.7 Å². The molecule has 0 fully saturated rings. The fourth-order valence-corrected chi connectivity index (χ4v) is 1.67. The number of carbonyl (C=O) groups is 2. The van der Waals surface area contributed by atoms with Crippen LogP contribution in [0.1, 0.15) is 30.2 Å². The number of ether oxygens (including phenoxy) is 1. The second-order valence-electron chi connectivity index (χ2n) is 4.42. The molecule has 0 aliphatic heterocycles. The molecule has 0 radical (unpaired) electrons. The maximum Gasteiger partial charge on any atom is 0.433 e. The van der Waals surface area contributed by atoms with Crippen LogP contribution in [-0.2, 0) is 9.53 Å². The van der Waals surface area contributed by atoms with Gasteiger partial charge >= 0.3 is 11.9 Å². The Morgan fingerprint density at radius 2 is 2.17 bits per heavy atom. The normalized spacial score (nSPS) is 10.8. The van der Waals surface area contributed by atoms with Gasteiger partial charge in [0.05, 0.1) is 18.9 Å². The van der Waals surface area contributed by atoms with Gasteiger partial charge < -0.3 is 13.6 Å². The first-order chi connectivity index (χ1) is 11.4. The van der Waals surface area contributed by atoms with Crippen molar-refractivity contribution in [2.45, 2.75) is 13.8 Å². The Kier molecular flexibility index (Phi) is 5.09.